The van der Waals surface area contributed by atoms with Gasteiger partial charge in [-0.2, -0.15) is 0 Å². The summed E-state index contributed by atoms with van der Waals surface area (Å²) in [6.07, 6.45) is 4.59. The van der Waals surface area contributed by atoms with E-state index in [9.17, 15) is 20.0 Å². The third-order valence-corrected chi connectivity index (χ3v) is 8.18. The number of pyridine rings is 1. The fourth-order valence-corrected chi connectivity index (χ4v) is 6.29. The molecule has 3 fully saturated rings. The minimum atomic E-state index is -0.811. The standard InChI is InChI=1S/C28H30N3O5/c1-3-18-16-31(17-27(32)20-5-4-6-21(13-20)30(34)35)12-10-19(18)14-26(31)28(33)23-9-11-29-25-8-7-22(36-2)15-24(23)25/h3-9,11,13,15,18-19,26,28,33H,1,10,12,14,16-17H2,2H3/q+1/t18-,19-,26-,28+,31-/m0/s1. The molecule has 4 heterocycles. The lowest BCUT2D eigenvalue weighted by atomic mass is 9.71. The van der Waals surface area contributed by atoms with Crippen molar-refractivity contribution in [3.63, 3.8) is 0 Å². The lowest BCUT2D eigenvalue weighted by Gasteiger charge is -2.57. The third-order valence-electron chi connectivity index (χ3n) is 8.18. The topological polar surface area (TPSA) is 103 Å². The number of aromatic nitrogens is 1. The van der Waals surface area contributed by atoms with E-state index in [0.717, 1.165) is 35.9 Å². The van der Waals surface area contributed by atoms with Gasteiger partial charge in [-0.25, -0.2) is 0 Å². The molecule has 3 aromatic rings. The van der Waals surface area contributed by atoms with Gasteiger partial charge in [0.25, 0.3) is 5.69 Å². The van der Waals surface area contributed by atoms with Crippen molar-refractivity contribution in [3.8, 4) is 5.75 Å². The molecule has 36 heavy (non-hydrogen) atoms. The Bertz CT molecular complexity index is 1340. The van der Waals surface area contributed by atoms with E-state index in [1.54, 1.807) is 25.4 Å². The van der Waals surface area contributed by atoms with Crippen molar-refractivity contribution < 1.29 is 24.0 Å². The number of ether oxygens (including phenoxy) is 1. The fourth-order valence-electron chi connectivity index (χ4n) is 6.29. The highest BCUT2D eigenvalue weighted by atomic mass is 16.6. The van der Waals surface area contributed by atoms with E-state index >= 15 is 0 Å². The molecule has 2 bridgehead atoms. The molecule has 0 spiro atoms. The summed E-state index contributed by atoms with van der Waals surface area (Å²) in [6, 6.07) is 13.2. The molecule has 3 aliphatic rings. The van der Waals surface area contributed by atoms with Crippen molar-refractivity contribution in [2.24, 2.45) is 11.8 Å². The normalized spacial score (nSPS) is 25.9. The predicted molar refractivity (Wildman–Crippen MR) is 136 cm³/mol. The smallest absolute Gasteiger partial charge is 0.270 e. The number of ketones is 1. The van der Waals surface area contributed by atoms with Crippen molar-refractivity contribution in [2.75, 3.05) is 26.7 Å². The first kappa shape index (κ1) is 24.1. The first-order valence-electron chi connectivity index (χ1n) is 12.2. The van der Waals surface area contributed by atoms with Crippen LogP contribution in [0.15, 0.2) is 67.4 Å². The Balaban J connectivity index is 1.53. The number of carbonyl (C=O) groups is 1. The zero-order valence-electron chi connectivity index (χ0n) is 20.2. The second-order valence-corrected chi connectivity index (χ2v) is 9.99. The average molecular weight is 489 g/mol. The highest BCUT2D eigenvalue weighted by Crippen LogP contribution is 2.47. The van der Waals surface area contributed by atoms with Crippen LogP contribution < -0.4 is 4.74 Å². The molecule has 6 rings (SSSR count). The van der Waals surface area contributed by atoms with Crippen LogP contribution in [0.1, 0.15) is 34.9 Å². The van der Waals surface area contributed by atoms with Gasteiger partial charge in [0.15, 0.2) is 0 Å². The first-order chi connectivity index (χ1) is 17.3. The molecule has 0 radical (unpaired) electrons. The molecule has 0 saturated carbocycles. The number of carbonyl (C=O) groups excluding carboxylic acids is 1. The van der Waals surface area contributed by atoms with Gasteiger partial charge in [-0.15, -0.1) is 6.58 Å². The summed E-state index contributed by atoms with van der Waals surface area (Å²) in [4.78, 5) is 28.7. The van der Waals surface area contributed by atoms with Crippen LogP contribution in [0.4, 0.5) is 5.69 Å². The van der Waals surface area contributed by atoms with Crippen LogP contribution >= 0.6 is 0 Å². The van der Waals surface area contributed by atoms with E-state index in [2.05, 4.69) is 11.6 Å². The van der Waals surface area contributed by atoms with Gasteiger partial charge in [0.1, 0.15) is 24.4 Å². The number of rotatable bonds is 8. The number of nitro benzene ring substituents is 1. The summed E-state index contributed by atoms with van der Waals surface area (Å²) in [6.45, 7) is 5.69. The Labute approximate surface area is 209 Å². The number of hydrogen-bond donors (Lipinski definition) is 1. The van der Waals surface area contributed by atoms with Crippen molar-refractivity contribution in [3.05, 3.63) is 88.6 Å². The van der Waals surface area contributed by atoms with Crippen molar-refractivity contribution in [1.29, 1.82) is 0 Å². The van der Waals surface area contributed by atoms with E-state index in [0.29, 0.717) is 28.3 Å². The van der Waals surface area contributed by atoms with Crippen molar-refractivity contribution in [1.82, 2.24) is 4.98 Å². The molecule has 0 aliphatic carbocycles. The van der Waals surface area contributed by atoms with Crippen molar-refractivity contribution >= 4 is 22.4 Å². The Morgan fingerprint density at radius 3 is 2.92 bits per heavy atom. The van der Waals surface area contributed by atoms with E-state index in [1.807, 2.05) is 30.3 Å². The number of non-ortho nitro benzene ring substituents is 1. The van der Waals surface area contributed by atoms with E-state index < -0.39 is 11.0 Å². The van der Waals surface area contributed by atoms with Crippen molar-refractivity contribution in [2.45, 2.75) is 25.0 Å². The van der Waals surface area contributed by atoms with Gasteiger partial charge < -0.3 is 14.3 Å². The zero-order valence-corrected chi connectivity index (χ0v) is 20.2. The number of nitro groups is 1. The molecule has 2 aromatic carbocycles. The summed E-state index contributed by atoms with van der Waals surface area (Å²) in [5, 5.41) is 23.9. The van der Waals surface area contributed by atoms with E-state index in [-0.39, 0.29) is 30.0 Å². The monoisotopic (exact) mass is 488 g/mol. The summed E-state index contributed by atoms with van der Waals surface area (Å²) in [5.74, 6) is 1.19. The van der Waals surface area contributed by atoms with Crippen LogP contribution in [0.5, 0.6) is 5.75 Å². The average Bonchev–Trinajstić information content (AvgIpc) is 2.91. The molecule has 3 saturated heterocycles. The maximum atomic E-state index is 13.5. The maximum absolute atomic E-state index is 13.5. The van der Waals surface area contributed by atoms with Gasteiger partial charge in [0.05, 0.1) is 30.6 Å². The number of aliphatic hydroxyl groups is 1. The van der Waals surface area contributed by atoms with E-state index in [1.165, 1.54) is 12.1 Å². The maximum Gasteiger partial charge on any atom is 0.270 e. The molecule has 1 N–H and O–H groups in total. The number of piperidine rings is 3. The second kappa shape index (κ2) is 9.44. The molecule has 0 unspecified atom stereocenters. The number of aliphatic hydroxyl groups excluding tert-OH is 1. The Morgan fingerprint density at radius 2 is 2.17 bits per heavy atom. The molecular weight excluding hydrogens is 458 g/mol. The Hall–Kier alpha value is -3.62. The van der Waals surface area contributed by atoms with Gasteiger partial charge in [-0.05, 0) is 35.7 Å². The van der Waals surface area contributed by atoms with Crippen LogP contribution in [-0.4, -0.2) is 58.1 Å². The number of hydrogen-bond acceptors (Lipinski definition) is 6. The molecule has 8 heteroatoms. The number of quaternary nitrogens is 1. The minimum absolute atomic E-state index is 0.101. The Kier molecular flexibility index (Phi) is 6.32. The molecule has 186 valence electrons. The van der Waals surface area contributed by atoms with Crippen LogP contribution in [0.2, 0.25) is 0 Å². The molecule has 0 amide bonds. The van der Waals surface area contributed by atoms with Gasteiger partial charge in [0.2, 0.25) is 5.78 Å². The second-order valence-electron chi connectivity index (χ2n) is 9.99. The molecule has 8 nitrogen and oxygen atoms in total. The van der Waals surface area contributed by atoms with Crippen LogP contribution in [0, 0.1) is 22.0 Å². The van der Waals surface area contributed by atoms with Gasteiger partial charge in [-0.3, -0.25) is 19.9 Å². The van der Waals surface area contributed by atoms with Gasteiger partial charge in [-0.1, -0.05) is 18.2 Å². The molecule has 3 aliphatic heterocycles. The minimum Gasteiger partial charge on any atom is -0.497 e. The highest BCUT2D eigenvalue weighted by Gasteiger charge is 2.54. The number of methoxy groups -OCH3 is 1. The predicted octanol–water partition coefficient (Wildman–Crippen LogP) is 4.48. The number of Topliss-reactive ketones (excluding diaryl/α,β-unsaturated/α-hetero) is 1. The third kappa shape index (κ3) is 4.16. The zero-order chi connectivity index (χ0) is 25.4. The lowest BCUT2D eigenvalue weighted by Crippen LogP contribution is -2.69. The largest absolute Gasteiger partial charge is 0.497 e. The Morgan fingerprint density at radius 1 is 1.33 bits per heavy atom. The quantitative estimate of drug-likeness (QED) is 0.165. The number of benzene rings is 2. The highest BCUT2D eigenvalue weighted by molar-refractivity contribution is 5.97. The van der Waals surface area contributed by atoms with E-state index in [4.69, 9.17) is 4.74 Å². The number of nitrogens with zero attached hydrogens (tertiary/aromatic N) is 3. The molecular formula is C28H30N3O5+. The summed E-state index contributed by atoms with van der Waals surface area (Å²) in [7, 11) is 1.61. The summed E-state index contributed by atoms with van der Waals surface area (Å²) in [5.41, 5.74) is 1.77. The van der Waals surface area contributed by atoms with Crippen LogP contribution in [0.25, 0.3) is 10.9 Å². The van der Waals surface area contributed by atoms with Gasteiger partial charge in [0, 0.05) is 48.0 Å². The number of fused-ring (bicyclic) bond motifs is 4. The summed E-state index contributed by atoms with van der Waals surface area (Å²) < 4.78 is 5.85. The SMILES string of the molecule is C=C[C@H]1C[N@+]2(CC(=O)c3cccc([N+](=O)[O-])c3)CC[C@H]1C[C@H]2[C@H](O)c1ccnc2ccc(OC)cc12. The first-order valence-corrected chi connectivity index (χ1v) is 12.2. The molecule has 5 atom stereocenters. The van der Waals surface area contributed by atoms with Crippen LogP contribution in [-0.2, 0) is 0 Å². The van der Waals surface area contributed by atoms with Gasteiger partial charge >= 0.3 is 0 Å². The summed E-state index contributed by atoms with van der Waals surface area (Å²) >= 11 is 0. The lowest BCUT2D eigenvalue weighted by molar-refractivity contribution is -0.966. The van der Waals surface area contributed by atoms with Crippen LogP contribution in [0.3, 0.4) is 0 Å². The molecule has 1 aromatic heterocycles. The fraction of sp³-hybridized carbons (Fsp3) is 0.357.